The summed E-state index contributed by atoms with van der Waals surface area (Å²) < 4.78 is 51.3. The Bertz CT molecular complexity index is 604. The maximum Gasteiger partial charge on any atom is 0.393 e. The van der Waals surface area contributed by atoms with Crippen LogP contribution in [0.5, 0.6) is 0 Å². The van der Waals surface area contributed by atoms with Crippen LogP contribution in [-0.4, -0.2) is 47.7 Å². The molecule has 9 heteroatoms. The van der Waals surface area contributed by atoms with Crippen molar-refractivity contribution in [2.75, 3.05) is 19.6 Å². The zero-order valence-corrected chi connectivity index (χ0v) is 12.5. The lowest BCUT2D eigenvalue weighted by Gasteiger charge is -2.18. The van der Waals surface area contributed by atoms with Gasteiger partial charge in [0.05, 0.1) is 18.4 Å². The molecule has 2 rings (SSSR count). The van der Waals surface area contributed by atoms with Gasteiger partial charge in [0.15, 0.2) is 0 Å². The van der Waals surface area contributed by atoms with Gasteiger partial charge in [-0.05, 0) is 17.7 Å². The smallest absolute Gasteiger partial charge is 0.393 e. The topological polar surface area (TPSA) is 69.6 Å². The summed E-state index contributed by atoms with van der Waals surface area (Å²) in [5, 5.41) is 11.4. The molecular weight excluding hydrogens is 332 g/mol. The van der Waals surface area contributed by atoms with Gasteiger partial charge >= 0.3 is 12.1 Å². The average Bonchev–Trinajstić information content (AvgIpc) is 2.91. The van der Waals surface area contributed by atoms with Crippen molar-refractivity contribution >= 4 is 11.9 Å². The van der Waals surface area contributed by atoms with Crippen molar-refractivity contribution in [1.29, 1.82) is 0 Å². The Labute approximate surface area is 135 Å². The monoisotopic (exact) mass is 348 g/mol. The molecule has 1 amide bonds. The van der Waals surface area contributed by atoms with Crippen molar-refractivity contribution in [3.63, 3.8) is 0 Å². The van der Waals surface area contributed by atoms with E-state index < -0.39 is 42.3 Å². The maximum atomic E-state index is 12.9. The largest absolute Gasteiger partial charge is 0.481 e. The van der Waals surface area contributed by atoms with Crippen molar-refractivity contribution in [2.24, 2.45) is 11.8 Å². The normalized spacial score (nSPS) is 21.7. The van der Waals surface area contributed by atoms with Crippen LogP contribution < -0.4 is 5.32 Å². The molecule has 1 heterocycles. The van der Waals surface area contributed by atoms with E-state index >= 15 is 0 Å². The molecule has 0 bridgehead atoms. The van der Waals surface area contributed by atoms with E-state index in [0.717, 1.165) is 0 Å². The first-order valence-corrected chi connectivity index (χ1v) is 7.20. The van der Waals surface area contributed by atoms with Gasteiger partial charge in [-0.15, -0.1) is 0 Å². The van der Waals surface area contributed by atoms with Crippen LogP contribution in [0.4, 0.5) is 17.6 Å². The van der Waals surface area contributed by atoms with Gasteiger partial charge in [-0.1, -0.05) is 12.1 Å². The Hall–Kier alpha value is -2.16. The number of hydrogen-bond donors (Lipinski definition) is 2. The van der Waals surface area contributed by atoms with Crippen molar-refractivity contribution in [3.8, 4) is 0 Å². The average molecular weight is 348 g/mol. The molecule has 0 aromatic heterocycles. The lowest BCUT2D eigenvalue weighted by Crippen LogP contribution is -2.36. The van der Waals surface area contributed by atoms with E-state index in [1.54, 1.807) is 0 Å². The second-order valence-electron chi connectivity index (χ2n) is 5.69. The Morgan fingerprint density at radius 3 is 2.33 bits per heavy atom. The van der Waals surface area contributed by atoms with Gasteiger partial charge in [0.25, 0.3) is 0 Å². The fourth-order valence-electron chi connectivity index (χ4n) is 2.66. The lowest BCUT2D eigenvalue weighted by atomic mass is 9.96. The molecule has 1 aliphatic rings. The first kappa shape index (κ1) is 18.2. The second-order valence-corrected chi connectivity index (χ2v) is 5.69. The minimum Gasteiger partial charge on any atom is -0.481 e. The Kier molecular flexibility index (Phi) is 5.43. The third kappa shape index (κ3) is 4.67. The van der Waals surface area contributed by atoms with Gasteiger partial charge in [0.2, 0.25) is 5.91 Å². The summed E-state index contributed by atoms with van der Waals surface area (Å²) in [6, 6.07) is 5.41. The number of carbonyl (C=O) groups excluding carboxylic acids is 1. The van der Waals surface area contributed by atoms with Crippen LogP contribution >= 0.6 is 0 Å². The molecule has 0 aliphatic carbocycles. The fraction of sp³-hybridized carbons (Fsp3) is 0.467. The zero-order chi connectivity index (χ0) is 17.9. The van der Waals surface area contributed by atoms with Crippen LogP contribution in [0, 0.1) is 17.7 Å². The molecule has 132 valence electrons. The number of nitrogens with zero attached hydrogens (tertiary/aromatic N) is 1. The number of alkyl halides is 3. The highest BCUT2D eigenvalue weighted by Crippen LogP contribution is 2.37. The third-order valence-electron chi connectivity index (χ3n) is 3.90. The molecule has 0 spiro atoms. The van der Waals surface area contributed by atoms with Crippen LogP contribution in [0.3, 0.4) is 0 Å². The molecule has 24 heavy (non-hydrogen) atoms. The number of carboxylic acid groups (broad SMARTS) is 1. The van der Waals surface area contributed by atoms with E-state index in [4.69, 9.17) is 5.11 Å². The number of carboxylic acids is 1. The van der Waals surface area contributed by atoms with Crippen molar-refractivity contribution in [2.45, 2.75) is 12.7 Å². The molecule has 2 atom stereocenters. The summed E-state index contributed by atoms with van der Waals surface area (Å²) in [6.45, 7) is -1.07. The first-order chi connectivity index (χ1) is 11.2. The van der Waals surface area contributed by atoms with Crippen LogP contribution in [-0.2, 0) is 16.1 Å². The van der Waals surface area contributed by atoms with E-state index in [-0.39, 0.29) is 19.6 Å². The second kappa shape index (κ2) is 7.16. The van der Waals surface area contributed by atoms with Gasteiger partial charge in [-0.3, -0.25) is 14.5 Å². The van der Waals surface area contributed by atoms with Gasteiger partial charge in [0.1, 0.15) is 5.82 Å². The van der Waals surface area contributed by atoms with Crippen LogP contribution in [0.2, 0.25) is 0 Å². The molecule has 1 aromatic rings. The minimum atomic E-state index is -4.62. The van der Waals surface area contributed by atoms with Gasteiger partial charge in [0, 0.05) is 19.6 Å². The van der Waals surface area contributed by atoms with E-state index in [2.05, 4.69) is 5.32 Å². The number of carbonyl (C=O) groups is 2. The molecule has 5 nitrogen and oxygen atoms in total. The molecule has 1 saturated heterocycles. The van der Waals surface area contributed by atoms with Crippen LogP contribution in [0.25, 0.3) is 0 Å². The summed E-state index contributed by atoms with van der Waals surface area (Å²) in [5.74, 6) is -6.02. The number of rotatable bonds is 5. The standard InChI is InChI=1S/C15H16F4N2O3/c16-10-3-1-9(2-4-10)5-20-13(22)8-21-6-11(14(23)24)12(7-21)15(17,18)19/h1-4,11-12H,5-8H2,(H,20,22)(H,23,24)/t11-,12-/m1/s1. The van der Waals surface area contributed by atoms with Crippen LogP contribution in [0.1, 0.15) is 5.56 Å². The highest BCUT2D eigenvalue weighted by molar-refractivity contribution is 5.78. The number of amides is 1. The number of benzene rings is 1. The van der Waals surface area contributed by atoms with Gasteiger partial charge < -0.3 is 10.4 Å². The summed E-state index contributed by atoms with van der Waals surface area (Å²) in [6.07, 6.45) is -4.62. The van der Waals surface area contributed by atoms with Crippen LogP contribution in [0.15, 0.2) is 24.3 Å². The Morgan fingerprint density at radius 1 is 1.21 bits per heavy atom. The van der Waals surface area contributed by atoms with E-state index in [9.17, 15) is 27.2 Å². The minimum absolute atomic E-state index is 0.109. The summed E-state index contributed by atoms with van der Waals surface area (Å²) in [4.78, 5) is 24.0. The Balaban J connectivity index is 1.87. The fourth-order valence-corrected chi connectivity index (χ4v) is 2.66. The maximum absolute atomic E-state index is 12.9. The van der Waals surface area contributed by atoms with Gasteiger partial charge in [-0.2, -0.15) is 13.2 Å². The Morgan fingerprint density at radius 2 is 1.83 bits per heavy atom. The molecule has 2 N–H and O–H groups in total. The quantitative estimate of drug-likeness (QED) is 0.794. The first-order valence-electron chi connectivity index (χ1n) is 7.20. The number of nitrogens with one attached hydrogen (secondary N) is 1. The molecule has 1 fully saturated rings. The molecule has 1 aliphatic heterocycles. The highest BCUT2D eigenvalue weighted by atomic mass is 19.4. The van der Waals surface area contributed by atoms with Gasteiger partial charge in [-0.25, -0.2) is 4.39 Å². The number of hydrogen-bond acceptors (Lipinski definition) is 3. The van der Waals surface area contributed by atoms with E-state index in [0.29, 0.717) is 5.56 Å². The summed E-state index contributed by atoms with van der Waals surface area (Å²) >= 11 is 0. The summed E-state index contributed by atoms with van der Waals surface area (Å²) in [7, 11) is 0. The highest BCUT2D eigenvalue weighted by Gasteiger charge is 2.52. The van der Waals surface area contributed by atoms with Crippen molar-refractivity contribution in [1.82, 2.24) is 10.2 Å². The molecule has 0 saturated carbocycles. The predicted octanol–water partition coefficient (Wildman–Crippen LogP) is 1.64. The van der Waals surface area contributed by atoms with Crippen molar-refractivity contribution < 1.29 is 32.3 Å². The summed E-state index contributed by atoms with van der Waals surface area (Å²) in [5.41, 5.74) is 0.641. The number of aliphatic carboxylic acids is 1. The molecule has 0 radical (unpaired) electrons. The third-order valence-corrected chi connectivity index (χ3v) is 3.90. The molecule has 0 unspecified atom stereocenters. The molecule has 1 aromatic carbocycles. The lowest BCUT2D eigenvalue weighted by molar-refractivity contribution is -0.188. The zero-order valence-electron chi connectivity index (χ0n) is 12.5. The number of likely N-dealkylation sites (tertiary alicyclic amines) is 1. The predicted molar refractivity (Wildman–Crippen MR) is 75.4 cm³/mol. The molecular formula is C15H16F4N2O3. The number of halogens is 4. The van der Waals surface area contributed by atoms with Crippen molar-refractivity contribution in [3.05, 3.63) is 35.6 Å². The SMILES string of the molecule is O=C(CN1C[C@@H](C(F)(F)F)[C@H](C(=O)O)C1)NCc1ccc(F)cc1. The van der Waals surface area contributed by atoms with E-state index in [1.165, 1.54) is 29.2 Å². The van der Waals surface area contributed by atoms with E-state index in [1.807, 2.05) is 0 Å².